The molecule has 0 aliphatic carbocycles. The van der Waals surface area contributed by atoms with E-state index in [2.05, 4.69) is 5.32 Å². The van der Waals surface area contributed by atoms with Crippen LogP contribution in [0, 0.1) is 5.82 Å². The standard InChI is InChI=1S/C12H16F3N3O/c1-18(7-11(14)15)5-4-12(19)17-10-6-8(16)2-3-9(10)13/h2-3,6,11H,4-5,7,16H2,1H3,(H,17,19). The highest BCUT2D eigenvalue weighted by Crippen LogP contribution is 2.17. The summed E-state index contributed by atoms with van der Waals surface area (Å²) in [6, 6.07) is 3.82. The van der Waals surface area contributed by atoms with E-state index in [1.807, 2.05) is 0 Å². The zero-order valence-corrected chi connectivity index (χ0v) is 10.5. The summed E-state index contributed by atoms with van der Waals surface area (Å²) in [5.74, 6) is -1.05. The van der Waals surface area contributed by atoms with Gasteiger partial charge >= 0.3 is 0 Å². The minimum Gasteiger partial charge on any atom is -0.399 e. The van der Waals surface area contributed by atoms with Crippen LogP contribution in [0.1, 0.15) is 6.42 Å². The molecule has 0 aliphatic heterocycles. The number of nitrogens with two attached hydrogens (primary N) is 1. The number of rotatable bonds is 6. The van der Waals surface area contributed by atoms with E-state index in [-0.39, 0.29) is 18.7 Å². The predicted octanol–water partition coefficient (Wildman–Crippen LogP) is 1.93. The highest BCUT2D eigenvalue weighted by atomic mass is 19.3. The van der Waals surface area contributed by atoms with Gasteiger partial charge < -0.3 is 16.0 Å². The van der Waals surface area contributed by atoms with Gasteiger partial charge in [-0.15, -0.1) is 0 Å². The normalized spacial score (nSPS) is 11.1. The van der Waals surface area contributed by atoms with Crippen molar-refractivity contribution in [2.45, 2.75) is 12.8 Å². The van der Waals surface area contributed by atoms with Gasteiger partial charge in [-0.1, -0.05) is 0 Å². The highest BCUT2D eigenvalue weighted by Gasteiger charge is 2.11. The molecule has 0 aromatic heterocycles. The molecule has 7 heteroatoms. The van der Waals surface area contributed by atoms with Crippen LogP contribution >= 0.6 is 0 Å². The lowest BCUT2D eigenvalue weighted by Crippen LogP contribution is -2.28. The summed E-state index contributed by atoms with van der Waals surface area (Å²) in [5, 5.41) is 2.35. The second-order valence-corrected chi connectivity index (χ2v) is 4.19. The third-order valence-electron chi connectivity index (χ3n) is 2.43. The molecule has 19 heavy (non-hydrogen) atoms. The number of amides is 1. The average molecular weight is 275 g/mol. The van der Waals surface area contributed by atoms with Crippen molar-refractivity contribution >= 4 is 17.3 Å². The molecular formula is C12H16F3N3O. The van der Waals surface area contributed by atoms with Gasteiger partial charge in [0.15, 0.2) is 0 Å². The van der Waals surface area contributed by atoms with Crippen molar-refractivity contribution in [3.63, 3.8) is 0 Å². The van der Waals surface area contributed by atoms with Gasteiger partial charge in [-0.05, 0) is 25.2 Å². The van der Waals surface area contributed by atoms with E-state index < -0.39 is 24.7 Å². The number of nitrogens with zero attached hydrogens (tertiary/aromatic N) is 1. The SMILES string of the molecule is CN(CCC(=O)Nc1cc(N)ccc1F)CC(F)F. The lowest BCUT2D eigenvalue weighted by Gasteiger charge is -2.15. The lowest BCUT2D eigenvalue weighted by atomic mass is 10.2. The van der Waals surface area contributed by atoms with Crippen molar-refractivity contribution < 1.29 is 18.0 Å². The van der Waals surface area contributed by atoms with Crippen molar-refractivity contribution in [2.75, 3.05) is 31.2 Å². The number of carbonyl (C=O) groups excluding carboxylic acids is 1. The van der Waals surface area contributed by atoms with Gasteiger partial charge in [0, 0.05) is 18.7 Å². The van der Waals surface area contributed by atoms with Crippen molar-refractivity contribution in [3.05, 3.63) is 24.0 Å². The van der Waals surface area contributed by atoms with Crippen LogP contribution in [0.3, 0.4) is 0 Å². The number of carbonyl (C=O) groups is 1. The van der Waals surface area contributed by atoms with E-state index >= 15 is 0 Å². The van der Waals surface area contributed by atoms with E-state index in [4.69, 9.17) is 5.73 Å². The van der Waals surface area contributed by atoms with Gasteiger partial charge in [-0.2, -0.15) is 0 Å². The Balaban J connectivity index is 2.45. The minimum absolute atomic E-state index is 0.00252. The molecule has 0 radical (unpaired) electrons. The smallest absolute Gasteiger partial charge is 0.251 e. The number of nitrogen functional groups attached to an aromatic ring is 1. The first-order chi connectivity index (χ1) is 8.88. The fraction of sp³-hybridized carbons (Fsp3) is 0.417. The highest BCUT2D eigenvalue weighted by molar-refractivity contribution is 5.91. The Hall–Kier alpha value is -1.76. The Labute approximate surface area is 109 Å². The molecule has 1 amide bonds. The van der Waals surface area contributed by atoms with Crippen LogP contribution in [0.25, 0.3) is 0 Å². The summed E-state index contributed by atoms with van der Waals surface area (Å²) in [7, 11) is 1.49. The summed E-state index contributed by atoms with van der Waals surface area (Å²) < 4.78 is 37.4. The summed E-state index contributed by atoms with van der Waals surface area (Å²) in [4.78, 5) is 12.9. The molecule has 1 aromatic rings. The zero-order chi connectivity index (χ0) is 14.4. The van der Waals surface area contributed by atoms with Crippen LogP contribution < -0.4 is 11.1 Å². The molecule has 1 aromatic carbocycles. The van der Waals surface area contributed by atoms with Gasteiger partial charge in [0.1, 0.15) is 5.82 Å². The first kappa shape index (κ1) is 15.3. The molecule has 0 unspecified atom stereocenters. The largest absolute Gasteiger partial charge is 0.399 e. The number of anilines is 2. The molecule has 0 aliphatic rings. The first-order valence-corrected chi connectivity index (χ1v) is 5.70. The summed E-state index contributed by atoms with van der Waals surface area (Å²) in [6.07, 6.45) is -2.45. The Morgan fingerprint density at radius 2 is 2.16 bits per heavy atom. The number of benzene rings is 1. The third kappa shape index (κ3) is 5.60. The molecular weight excluding hydrogens is 259 g/mol. The molecule has 0 atom stereocenters. The number of nitrogens with one attached hydrogen (secondary N) is 1. The van der Waals surface area contributed by atoms with Gasteiger partial charge in [0.25, 0.3) is 6.43 Å². The molecule has 1 rings (SSSR count). The van der Waals surface area contributed by atoms with Gasteiger partial charge in [0.05, 0.1) is 12.2 Å². The van der Waals surface area contributed by atoms with Crippen molar-refractivity contribution in [1.82, 2.24) is 4.90 Å². The summed E-state index contributed by atoms with van der Waals surface area (Å²) in [6.45, 7) is -0.236. The number of hydrogen-bond acceptors (Lipinski definition) is 3. The van der Waals surface area contributed by atoms with Crippen molar-refractivity contribution in [3.8, 4) is 0 Å². The average Bonchev–Trinajstić information content (AvgIpc) is 2.30. The monoisotopic (exact) mass is 275 g/mol. The lowest BCUT2D eigenvalue weighted by molar-refractivity contribution is -0.116. The van der Waals surface area contributed by atoms with Gasteiger partial charge in [-0.3, -0.25) is 4.79 Å². The minimum atomic E-state index is -2.44. The quantitative estimate of drug-likeness (QED) is 0.780. The third-order valence-corrected chi connectivity index (χ3v) is 2.43. The zero-order valence-electron chi connectivity index (χ0n) is 10.5. The fourth-order valence-corrected chi connectivity index (χ4v) is 1.47. The molecule has 0 saturated heterocycles. The van der Waals surface area contributed by atoms with Crippen molar-refractivity contribution in [1.29, 1.82) is 0 Å². The maximum atomic E-state index is 13.3. The van der Waals surface area contributed by atoms with Crippen molar-refractivity contribution in [2.24, 2.45) is 0 Å². The Morgan fingerprint density at radius 3 is 2.79 bits per heavy atom. The Morgan fingerprint density at radius 1 is 1.47 bits per heavy atom. The summed E-state index contributed by atoms with van der Waals surface area (Å²) >= 11 is 0. The first-order valence-electron chi connectivity index (χ1n) is 5.70. The van der Waals surface area contributed by atoms with E-state index in [9.17, 15) is 18.0 Å². The topological polar surface area (TPSA) is 58.4 Å². The summed E-state index contributed by atoms with van der Waals surface area (Å²) in [5.41, 5.74) is 5.78. The number of alkyl halides is 2. The van der Waals surface area contributed by atoms with E-state index in [0.717, 1.165) is 6.07 Å². The van der Waals surface area contributed by atoms with E-state index in [0.29, 0.717) is 5.69 Å². The maximum absolute atomic E-state index is 13.3. The maximum Gasteiger partial charge on any atom is 0.251 e. The van der Waals surface area contributed by atoms with Gasteiger partial charge in [-0.25, -0.2) is 13.2 Å². The molecule has 0 heterocycles. The number of halogens is 3. The predicted molar refractivity (Wildman–Crippen MR) is 67.6 cm³/mol. The molecule has 3 N–H and O–H groups in total. The molecule has 0 spiro atoms. The number of hydrogen-bond donors (Lipinski definition) is 2. The van der Waals surface area contributed by atoms with E-state index in [1.54, 1.807) is 0 Å². The Bertz CT molecular complexity index is 440. The van der Waals surface area contributed by atoms with Crippen LogP contribution in [-0.4, -0.2) is 37.4 Å². The van der Waals surface area contributed by atoms with Crippen LogP contribution in [0.4, 0.5) is 24.5 Å². The molecule has 0 saturated carbocycles. The van der Waals surface area contributed by atoms with E-state index in [1.165, 1.54) is 24.1 Å². The second-order valence-electron chi connectivity index (χ2n) is 4.19. The molecule has 4 nitrogen and oxygen atoms in total. The molecule has 0 fully saturated rings. The van der Waals surface area contributed by atoms with Crippen LogP contribution in [-0.2, 0) is 4.79 Å². The second kappa shape index (κ2) is 6.98. The van der Waals surface area contributed by atoms with Crippen LogP contribution in [0.15, 0.2) is 18.2 Å². The molecule has 0 bridgehead atoms. The van der Waals surface area contributed by atoms with Crippen LogP contribution in [0.5, 0.6) is 0 Å². The van der Waals surface area contributed by atoms with Gasteiger partial charge in [0.2, 0.25) is 5.91 Å². The fourth-order valence-electron chi connectivity index (χ4n) is 1.47. The van der Waals surface area contributed by atoms with Crippen LogP contribution in [0.2, 0.25) is 0 Å². The Kier molecular flexibility index (Phi) is 5.62. The molecule has 106 valence electrons.